The van der Waals surface area contributed by atoms with Gasteiger partial charge in [0, 0.05) is 0 Å². The first-order chi connectivity index (χ1) is 5.85. The van der Waals surface area contributed by atoms with Gasteiger partial charge in [0.2, 0.25) is 12.4 Å². The highest BCUT2D eigenvalue weighted by atomic mass is 16.8. The maximum Gasteiger partial charge on any atom is 0.207 e. The van der Waals surface area contributed by atoms with Crippen LogP contribution in [0, 0.1) is 22.9 Å². The van der Waals surface area contributed by atoms with Crippen LogP contribution in [0.4, 0.5) is 0 Å². The van der Waals surface area contributed by atoms with Crippen molar-refractivity contribution in [3.8, 4) is 12.4 Å². The molecule has 62 valence electrons. The second-order valence-electron chi connectivity index (χ2n) is 1.26. The molecule has 0 amide bonds. The van der Waals surface area contributed by atoms with Crippen molar-refractivity contribution < 1.29 is 10.1 Å². The normalized spacial score (nSPS) is 10.3. The lowest BCUT2D eigenvalue weighted by Crippen LogP contribution is -2.29. The van der Waals surface area contributed by atoms with Gasteiger partial charge in [-0.05, 0) is 0 Å². The predicted molar refractivity (Wildman–Crippen MR) is 36.3 cm³/mol. The summed E-state index contributed by atoms with van der Waals surface area (Å²) in [5.74, 6) is -0.150. The molecule has 0 saturated heterocycles. The Labute approximate surface area is 67.3 Å². The molecule has 0 fully saturated rings. The fourth-order valence-corrected chi connectivity index (χ4v) is 0.287. The van der Waals surface area contributed by atoms with Gasteiger partial charge < -0.3 is 5.21 Å². The maximum absolute atomic E-state index is 8.06. The third-order valence-electron chi connectivity index (χ3n) is 0.603. The summed E-state index contributed by atoms with van der Waals surface area (Å²) in [5, 5.41) is 26.6. The number of amidine groups is 1. The average Bonchev–Trinajstić information content (AvgIpc) is 2.06. The van der Waals surface area contributed by atoms with Crippen LogP contribution in [0.1, 0.15) is 0 Å². The SMILES string of the molecule is N#CN=C(C=NO)NONC#N. The lowest BCUT2D eigenvalue weighted by Gasteiger charge is -1.98. The zero-order valence-electron chi connectivity index (χ0n) is 5.72. The average molecular weight is 168 g/mol. The van der Waals surface area contributed by atoms with Crippen molar-refractivity contribution in [1.82, 2.24) is 11.0 Å². The number of aliphatic imine (C=N–C) groups is 1. The van der Waals surface area contributed by atoms with Crippen molar-refractivity contribution in [2.75, 3.05) is 0 Å². The maximum atomic E-state index is 8.06. The van der Waals surface area contributed by atoms with Crippen molar-refractivity contribution in [3.05, 3.63) is 0 Å². The summed E-state index contributed by atoms with van der Waals surface area (Å²) < 4.78 is 0. The van der Waals surface area contributed by atoms with E-state index < -0.39 is 0 Å². The predicted octanol–water partition coefficient (Wildman–Crippen LogP) is -1.17. The van der Waals surface area contributed by atoms with E-state index in [4.69, 9.17) is 15.7 Å². The molecule has 0 aliphatic heterocycles. The number of hydrogen-bond donors (Lipinski definition) is 3. The standard InChI is InChI=1S/C4H4N6O2/c5-2-7-4(1-8-11)10-12-9-3-6/h1,9,11H,(H,7,10). The Kier molecular flexibility index (Phi) is 5.48. The quantitative estimate of drug-likeness (QED) is 0.0927. The molecule has 0 aromatic carbocycles. The molecule has 0 heterocycles. The Morgan fingerprint density at radius 2 is 2.33 bits per heavy atom. The molecule has 0 aromatic heterocycles. The van der Waals surface area contributed by atoms with Crippen molar-refractivity contribution in [1.29, 1.82) is 10.5 Å². The van der Waals surface area contributed by atoms with Gasteiger partial charge in [0.15, 0.2) is 5.84 Å². The van der Waals surface area contributed by atoms with E-state index >= 15 is 0 Å². The summed E-state index contributed by atoms with van der Waals surface area (Å²) in [6.07, 6.45) is 3.66. The third-order valence-corrected chi connectivity index (χ3v) is 0.603. The Balaban J connectivity index is 3.92. The van der Waals surface area contributed by atoms with E-state index in [0.29, 0.717) is 0 Å². The first-order valence-corrected chi connectivity index (χ1v) is 2.55. The van der Waals surface area contributed by atoms with Crippen LogP contribution in [0.25, 0.3) is 0 Å². The van der Waals surface area contributed by atoms with E-state index in [0.717, 1.165) is 6.21 Å². The molecule has 0 unspecified atom stereocenters. The van der Waals surface area contributed by atoms with Crippen LogP contribution in [0.15, 0.2) is 10.1 Å². The van der Waals surface area contributed by atoms with Crippen molar-refractivity contribution in [3.63, 3.8) is 0 Å². The summed E-state index contributed by atoms with van der Waals surface area (Å²) in [6, 6.07) is 0. The number of nitrogens with one attached hydrogen (secondary N) is 2. The summed E-state index contributed by atoms with van der Waals surface area (Å²) in [6.45, 7) is 0. The Morgan fingerprint density at radius 1 is 1.58 bits per heavy atom. The molecule has 0 aromatic rings. The highest BCUT2D eigenvalue weighted by molar-refractivity contribution is 6.29. The third kappa shape index (κ3) is 4.55. The fourth-order valence-electron chi connectivity index (χ4n) is 0.287. The molecule has 0 saturated carbocycles. The molecule has 0 rings (SSSR count). The summed E-state index contributed by atoms with van der Waals surface area (Å²) >= 11 is 0. The van der Waals surface area contributed by atoms with Crippen molar-refractivity contribution >= 4 is 12.1 Å². The molecule has 0 atom stereocenters. The highest BCUT2D eigenvalue weighted by Gasteiger charge is 1.92. The summed E-state index contributed by atoms with van der Waals surface area (Å²) in [4.78, 5) is 7.32. The van der Waals surface area contributed by atoms with E-state index in [-0.39, 0.29) is 5.84 Å². The zero-order valence-corrected chi connectivity index (χ0v) is 5.72. The Hall–Kier alpha value is -2.32. The van der Waals surface area contributed by atoms with Gasteiger partial charge in [-0.1, -0.05) is 5.16 Å². The molecular weight excluding hydrogens is 164 g/mol. The fraction of sp³-hybridized carbons (Fsp3) is 0. The van der Waals surface area contributed by atoms with Gasteiger partial charge in [-0.3, -0.25) is 0 Å². The van der Waals surface area contributed by atoms with Gasteiger partial charge in [0.25, 0.3) is 0 Å². The van der Waals surface area contributed by atoms with Crippen LogP contribution in [-0.4, -0.2) is 17.3 Å². The molecule has 8 heteroatoms. The second-order valence-corrected chi connectivity index (χ2v) is 1.26. The number of hydrogen-bond acceptors (Lipinski definition) is 7. The van der Waals surface area contributed by atoms with Crippen LogP contribution in [-0.2, 0) is 4.94 Å². The van der Waals surface area contributed by atoms with E-state index in [1.54, 1.807) is 5.48 Å². The Bertz CT molecular complexity index is 258. The van der Waals surface area contributed by atoms with Crippen LogP contribution in [0.2, 0.25) is 0 Å². The minimum absolute atomic E-state index is 0.150. The molecule has 12 heavy (non-hydrogen) atoms. The number of rotatable bonds is 3. The lowest BCUT2D eigenvalue weighted by molar-refractivity contribution is 0.0304. The summed E-state index contributed by atoms with van der Waals surface area (Å²) in [5.41, 5.74) is 3.76. The molecule has 0 aliphatic rings. The monoisotopic (exact) mass is 168 g/mol. The second kappa shape index (κ2) is 6.80. The van der Waals surface area contributed by atoms with Crippen LogP contribution in [0.5, 0.6) is 0 Å². The van der Waals surface area contributed by atoms with E-state index in [1.165, 1.54) is 12.4 Å². The van der Waals surface area contributed by atoms with E-state index in [1.807, 2.05) is 5.48 Å². The zero-order chi connectivity index (χ0) is 9.23. The van der Waals surface area contributed by atoms with Gasteiger partial charge in [0.05, 0.1) is 0 Å². The molecule has 0 bridgehead atoms. The van der Waals surface area contributed by atoms with Gasteiger partial charge >= 0.3 is 0 Å². The minimum Gasteiger partial charge on any atom is -0.411 e. The van der Waals surface area contributed by atoms with Gasteiger partial charge in [-0.25, -0.2) is 5.48 Å². The molecule has 0 spiro atoms. The van der Waals surface area contributed by atoms with E-state index in [2.05, 4.69) is 15.1 Å². The number of oxime groups is 1. The highest BCUT2D eigenvalue weighted by Crippen LogP contribution is 1.68. The molecule has 0 radical (unpaired) electrons. The van der Waals surface area contributed by atoms with Gasteiger partial charge in [-0.15, -0.1) is 4.94 Å². The molecular formula is C4H4N6O2. The smallest absolute Gasteiger partial charge is 0.207 e. The number of nitriles is 2. The first-order valence-electron chi connectivity index (χ1n) is 2.55. The van der Waals surface area contributed by atoms with Gasteiger partial charge in [0.1, 0.15) is 6.21 Å². The topological polar surface area (TPSA) is 126 Å². The largest absolute Gasteiger partial charge is 0.411 e. The summed E-state index contributed by atoms with van der Waals surface area (Å²) in [7, 11) is 0. The van der Waals surface area contributed by atoms with Crippen molar-refractivity contribution in [2.24, 2.45) is 10.1 Å². The van der Waals surface area contributed by atoms with Crippen LogP contribution in [0.3, 0.4) is 0 Å². The van der Waals surface area contributed by atoms with E-state index in [9.17, 15) is 0 Å². The van der Waals surface area contributed by atoms with Gasteiger partial charge in [-0.2, -0.15) is 21.0 Å². The number of nitrogens with zero attached hydrogens (tertiary/aromatic N) is 4. The van der Waals surface area contributed by atoms with Crippen LogP contribution >= 0.6 is 0 Å². The molecule has 3 N–H and O–H groups in total. The Morgan fingerprint density at radius 3 is 2.83 bits per heavy atom. The minimum atomic E-state index is -0.150. The molecule has 8 nitrogen and oxygen atoms in total. The number of hydroxylamine groups is 2. The van der Waals surface area contributed by atoms with Crippen LogP contribution < -0.4 is 11.0 Å². The lowest BCUT2D eigenvalue weighted by atomic mass is 10.7. The first kappa shape index (κ1) is 9.68. The molecule has 0 aliphatic carbocycles. The van der Waals surface area contributed by atoms with Crippen molar-refractivity contribution in [2.45, 2.75) is 0 Å².